The summed E-state index contributed by atoms with van der Waals surface area (Å²) in [6, 6.07) is 24.4. The molecule has 1 amide bonds. The van der Waals surface area contributed by atoms with E-state index in [2.05, 4.69) is 12.2 Å². The largest absolute Gasteiger partial charge is 0.331 e. The fourth-order valence-corrected chi connectivity index (χ4v) is 4.09. The van der Waals surface area contributed by atoms with Crippen molar-refractivity contribution in [1.29, 1.82) is 0 Å². The maximum Gasteiger partial charge on any atom is 0.331 e. The van der Waals surface area contributed by atoms with Gasteiger partial charge in [0.15, 0.2) is 0 Å². The molecule has 0 fully saturated rings. The molecule has 0 aliphatic carbocycles. The molecule has 3 aromatic carbocycles. The number of para-hydroxylation sites is 1. The van der Waals surface area contributed by atoms with E-state index in [9.17, 15) is 14.4 Å². The van der Waals surface area contributed by atoms with E-state index in [1.165, 1.54) is 14.7 Å². The smallest absolute Gasteiger partial charge is 0.325 e. The summed E-state index contributed by atoms with van der Waals surface area (Å²) in [7, 11) is 0. The van der Waals surface area contributed by atoms with E-state index in [0.29, 0.717) is 23.0 Å². The average Bonchev–Trinajstić information content (AvgIpc) is 2.87. The van der Waals surface area contributed by atoms with Crippen LogP contribution in [0.15, 0.2) is 88.5 Å². The molecular weight excluding hydrogens is 426 g/mol. The summed E-state index contributed by atoms with van der Waals surface area (Å²) in [5.41, 5.74) is 2.58. The summed E-state index contributed by atoms with van der Waals surface area (Å²) in [5.74, 6) is -0.318. The number of nitrogens with zero attached hydrogens (tertiary/aromatic N) is 2. The van der Waals surface area contributed by atoms with Crippen LogP contribution in [-0.2, 0) is 30.7 Å². The number of unbranched alkanes of at least 4 members (excludes halogenated alkanes) is 1. The van der Waals surface area contributed by atoms with Crippen LogP contribution in [0.25, 0.3) is 10.9 Å². The van der Waals surface area contributed by atoms with Gasteiger partial charge in [0.2, 0.25) is 5.91 Å². The van der Waals surface area contributed by atoms with Crippen molar-refractivity contribution in [3.8, 4) is 0 Å². The molecule has 0 atom stereocenters. The molecule has 0 saturated carbocycles. The molecule has 1 N–H and O–H groups in total. The van der Waals surface area contributed by atoms with Gasteiger partial charge in [-0.1, -0.05) is 67.9 Å². The molecule has 4 rings (SSSR count). The van der Waals surface area contributed by atoms with Crippen molar-refractivity contribution in [2.24, 2.45) is 0 Å². The van der Waals surface area contributed by atoms with Crippen LogP contribution in [0, 0.1) is 0 Å². The number of hydrogen-bond donors (Lipinski definition) is 1. The first-order valence-electron chi connectivity index (χ1n) is 11.7. The van der Waals surface area contributed by atoms with Crippen molar-refractivity contribution in [2.45, 2.75) is 45.7 Å². The SMILES string of the molecule is CCCCc1ccc(NC(=O)Cn2c(=O)n(CCc3ccccc3)c(=O)c3ccccc32)cc1. The van der Waals surface area contributed by atoms with Crippen LogP contribution in [-0.4, -0.2) is 15.0 Å². The third kappa shape index (κ3) is 5.34. The standard InChI is InChI=1S/C28H29N3O3/c1-2-3-9-22-14-16-23(17-15-22)29-26(32)20-31-25-13-8-7-12-24(25)27(33)30(28(31)34)19-18-21-10-5-4-6-11-21/h4-8,10-17H,2-3,9,18-20H2,1H3,(H,29,32). The van der Waals surface area contributed by atoms with E-state index in [0.717, 1.165) is 24.8 Å². The number of aryl methyl sites for hydroxylation is 2. The molecule has 0 aliphatic rings. The molecular formula is C28H29N3O3. The molecule has 34 heavy (non-hydrogen) atoms. The highest BCUT2D eigenvalue weighted by Gasteiger charge is 2.15. The Kier molecular flexibility index (Phi) is 7.38. The number of carbonyl (C=O) groups is 1. The second-order valence-electron chi connectivity index (χ2n) is 8.43. The predicted octanol–water partition coefficient (Wildman–Crippen LogP) is 4.39. The second-order valence-corrected chi connectivity index (χ2v) is 8.43. The van der Waals surface area contributed by atoms with Crippen molar-refractivity contribution in [3.05, 3.63) is 111 Å². The fourth-order valence-electron chi connectivity index (χ4n) is 4.09. The highest BCUT2D eigenvalue weighted by Crippen LogP contribution is 2.13. The van der Waals surface area contributed by atoms with Crippen LogP contribution in [0.4, 0.5) is 5.69 Å². The molecule has 0 bridgehead atoms. The highest BCUT2D eigenvalue weighted by molar-refractivity contribution is 5.91. The van der Waals surface area contributed by atoms with Gasteiger partial charge < -0.3 is 5.32 Å². The van der Waals surface area contributed by atoms with Gasteiger partial charge in [-0.05, 0) is 54.7 Å². The first-order chi connectivity index (χ1) is 16.6. The minimum atomic E-state index is -0.482. The zero-order valence-corrected chi connectivity index (χ0v) is 19.4. The van der Waals surface area contributed by atoms with Crippen molar-refractivity contribution in [2.75, 3.05) is 5.32 Å². The van der Waals surface area contributed by atoms with Crippen LogP contribution in [0.1, 0.15) is 30.9 Å². The molecule has 174 valence electrons. The Morgan fingerprint density at radius 2 is 1.47 bits per heavy atom. The van der Waals surface area contributed by atoms with Crippen LogP contribution in [0.5, 0.6) is 0 Å². The predicted molar refractivity (Wildman–Crippen MR) is 136 cm³/mol. The summed E-state index contributed by atoms with van der Waals surface area (Å²) in [4.78, 5) is 39.2. The number of rotatable bonds is 9. The zero-order valence-electron chi connectivity index (χ0n) is 19.4. The number of anilines is 1. The van der Waals surface area contributed by atoms with E-state index >= 15 is 0 Å². The normalized spacial score (nSPS) is 11.0. The summed E-state index contributed by atoms with van der Waals surface area (Å²) in [6.07, 6.45) is 3.82. The van der Waals surface area contributed by atoms with E-state index in [-0.39, 0.29) is 24.6 Å². The van der Waals surface area contributed by atoms with Crippen molar-refractivity contribution in [1.82, 2.24) is 9.13 Å². The van der Waals surface area contributed by atoms with Crippen LogP contribution in [0.3, 0.4) is 0 Å². The summed E-state index contributed by atoms with van der Waals surface area (Å²) in [5, 5.41) is 3.29. The molecule has 0 unspecified atom stereocenters. The lowest BCUT2D eigenvalue weighted by Gasteiger charge is -2.14. The molecule has 1 heterocycles. The summed E-state index contributed by atoms with van der Waals surface area (Å²) < 4.78 is 2.61. The molecule has 0 aliphatic heterocycles. The third-order valence-electron chi connectivity index (χ3n) is 5.96. The Bertz CT molecular complexity index is 1390. The van der Waals surface area contributed by atoms with Gasteiger partial charge in [0.25, 0.3) is 5.56 Å². The third-order valence-corrected chi connectivity index (χ3v) is 5.96. The number of nitrogens with one attached hydrogen (secondary N) is 1. The summed E-state index contributed by atoms with van der Waals surface area (Å²) >= 11 is 0. The van der Waals surface area contributed by atoms with Gasteiger partial charge in [-0.2, -0.15) is 0 Å². The number of aromatic nitrogens is 2. The minimum absolute atomic E-state index is 0.178. The van der Waals surface area contributed by atoms with Gasteiger partial charge in [-0.3, -0.25) is 18.7 Å². The maximum atomic E-state index is 13.3. The lowest BCUT2D eigenvalue weighted by atomic mass is 10.1. The molecule has 0 saturated heterocycles. The Morgan fingerprint density at radius 3 is 2.21 bits per heavy atom. The summed E-state index contributed by atoms with van der Waals surface area (Å²) in [6.45, 7) is 2.22. The minimum Gasteiger partial charge on any atom is -0.325 e. The van der Waals surface area contributed by atoms with E-state index in [1.54, 1.807) is 24.3 Å². The first kappa shape index (κ1) is 23.2. The van der Waals surface area contributed by atoms with Gasteiger partial charge in [-0.25, -0.2) is 4.79 Å². The van der Waals surface area contributed by atoms with Crippen LogP contribution in [0.2, 0.25) is 0 Å². The molecule has 6 heteroatoms. The average molecular weight is 456 g/mol. The van der Waals surface area contributed by atoms with Crippen molar-refractivity contribution in [3.63, 3.8) is 0 Å². The van der Waals surface area contributed by atoms with Crippen LogP contribution < -0.4 is 16.6 Å². The lowest BCUT2D eigenvalue weighted by Crippen LogP contribution is -2.42. The number of carbonyl (C=O) groups excluding carboxylic acids is 1. The topological polar surface area (TPSA) is 73.1 Å². The monoisotopic (exact) mass is 455 g/mol. The zero-order chi connectivity index (χ0) is 23.9. The highest BCUT2D eigenvalue weighted by atomic mass is 16.2. The Hall–Kier alpha value is -3.93. The van der Waals surface area contributed by atoms with Gasteiger partial charge in [0.1, 0.15) is 6.54 Å². The number of hydrogen-bond acceptors (Lipinski definition) is 3. The first-order valence-corrected chi connectivity index (χ1v) is 11.7. The maximum absolute atomic E-state index is 13.3. The van der Waals surface area contributed by atoms with Gasteiger partial charge in [0.05, 0.1) is 10.9 Å². The number of benzene rings is 3. The number of amides is 1. The molecule has 1 aromatic heterocycles. The molecule has 4 aromatic rings. The lowest BCUT2D eigenvalue weighted by molar-refractivity contribution is -0.116. The van der Waals surface area contributed by atoms with Gasteiger partial charge in [-0.15, -0.1) is 0 Å². The van der Waals surface area contributed by atoms with E-state index < -0.39 is 5.69 Å². The molecule has 0 spiro atoms. The Labute approximate surface area is 198 Å². The molecule has 6 nitrogen and oxygen atoms in total. The van der Waals surface area contributed by atoms with E-state index in [4.69, 9.17) is 0 Å². The van der Waals surface area contributed by atoms with Crippen molar-refractivity contribution < 1.29 is 4.79 Å². The van der Waals surface area contributed by atoms with Crippen LogP contribution >= 0.6 is 0 Å². The Balaban J connectivity index is 1.59. The van der Waals surface area contributed by atoms with Crippen molar-refractivity contribution >= 4 is 22.5 Å². The Morgan fingerprint density at radius 1 is 0.794 bits per heavy atom. The molecule has 0 radical (unpaired) electrons. The fraction of sp³-hybridized carbons (Fsp3) is 0.250. The number of fused-ring (bicyclic) bond motifs is 1. The quantitative estimate of drug-likeness (QED) is 0.407. The van der Waals surface area contributed by atoms with Gasteiger partial charge in [0, 0.05) is 12.2 Å². The van der Waals surface area contributed by atoms with E-state index in [1.807, 2.05) is 54.6 Å². The second kappa shape index (κ2) is 10.8. The van der Waals surface area contributed by atoms with Gasteiger partial charge >= 0.3 is 5.69 Å².